The molecular weight excluding hydrogens is 192 g/mol. The van der Waals surface area contributed by atoms with E-state index in [0.717, 1.165) is 25.9 Å². The van der Waals surface area contributed by atoms with Crippen molar-refractivity contribution in [3.8, 4) is 0 Å². The Bertz CT molecular complexity index is 223. The number of hydrogen-bond donors (Lipinski definition) is 1. The summed E-state index contributed by atoms with van der Waals surface area (Å²) >= 11 is 0. The number of carbonyl (C=O) groups excluding carboxylic acids is 1. The van der Waals surface area contributed by atoms with Crippen LogP contribution in [0.15, 0.2) is 12.7 Å². The number of hydrogen-bond acceptors (Lipinski definition) is 3. The van der Waals surface area contributed by atoms with Gasteiger partial charge in [-0.25, -0.2) is 0 Å². The number of piperidine rings is 1. The third kappa shape index (κ3) is 3.32. The van der Waals surface area contributed by atoms with Crippen molar-refractivity contribution in [3.63, 3.8) is 0 Å². The van der Waals surface area contributed by atoms with Gasteiger partial charge in [-0.05, 0) is 39.1 Å². The molecule has 0 atom stereocenters. The molecule has 0 radical (unpaired) electrons. The molecule has 0 saturated carbocycles. The van der Waals surface area contributed by atoms with Crippen LogP contribution in [-0.4, -0.2) is 60.1 Å². The lowest BCUT2D eigenvalue weighted by Crippen LogP contribution is -2.47. The SMILES string of the molecule is C=CC(=O)N(CCO)C1CCN(C)CC1. The van der Waals surface area contributed by atoms with Crippen LogP contribution in [-0.2, 0) is 4.79 Å². The molecule has 0 unspecified atom stereocenters. The average Bonchev–Trinajstić information content (AvgIpc) is 2.26. The molecule has 0 aromatic rings. The summed E-state index contributed by atoms with van der Waals surface area (Å²) in [6.07, 6.45) is 3.29. The Morgan fingerprint density at radius 2 is 2.20 bits per heavy atom. The summed E-state index contributed by atoms with van der Waals surface area (Å²) in [6, 6.07) is 0.263. The molecule has 1 saturated heterocycles. The first-order valence-electron chi connectivity index (χ1n) is 5.41. The predicted octanol–water partition coefficient (Wildman–Crippen LogP) is 0.0875. The van der Waals surface area contributed by atoms with Gasteiger partial charge in [0.2, 0.25) is 5.91 Å². The Morgan fingerprint density at radius 3 is 2.67 bits per heavy atom. The van der Waals surface area contributed by atoms with E-state index in [9.17, 15) is 4.79 Å². The Hall–Kier alpha value is -0.870. The molecular formula is C11H20N2O2. The third-order valence-electron chi connectivity index (χ3n) is 2.93. The van der Waals surface area contributed by atoms with Crippen LogP contribution >= 0.6 is 0 Å². The smallest absolute Gasteiger partial charge is 0.246 e. The van der Waals surface area contributed by atoms with Gasteiger partial charge in [0.25, 0.3) is 0 Å². The van der Waals surface area contributed by atoms with E-state index >= 15 is 0 Å². The fraction of sp³-hybridized carbons (Fsp3) is 0.727. The van der Waals surface area contributed by atoms with E-state index in [1.54, 1.807) is 4.90 Å². The van der Waals surface area contributed by atoms with Crippen LogP contribution in [0.4, 0.5) is 0 Å². The predicted molar refractivity (Wildman–Crippen MR) is 59.5 cm³/mol. The van der Waals surface area contributed by atoms with E-state index in [1.807, 2.05) is 0 Å². The zero-order chi connectivity index (χ0) is 11.3. The van der Waals surface area contributed by atoms with Gasteiger partial charge in [-0.15, -0.1) is 0 Å². The summed E-state index contributed by atoms with van der Waals surface area (Å²) < 4.78 is 0. The van der Waals surface area contributed by atoms with Gasteiger partial charge >= 0.3 is 0 Å². The van der Waals surface area contributed by atoms with Gasteiger partial charge in [-0.3, -0.25) is 4.79 Å². The first-order chi connectivity index (χ1) is 7.19. The normalized spacial score (nSPS) is 18.8. The Kier molecular flexibility index (Phi) is 4.78. The molecule has 1 rings (SSSR count). The van der Waals surface area contributed by atoms with Gasteiger partial charge in [-0.1, -0.05) is 6.58 Å². The molecule has 1 heterocycles. The van der Waals surface area contributed by atoms with Crippen LogP contribution in [0, 0.1) is 0 Å². The second-order valence-electron chi connectivity index (χ2n) is 3.99. The minimum Gasteiger partial charge on any atom is -0.395 e. The quantitative estimate of drug-likeness (QED) is 0.672. The topological polar surface area (TPSA) is 43.8 Å². The van der Waals surface area contributed by atoms with Crippen LogP contribution in [0.1, 0.15) is 12.8 Å². The second-order valence-corrected chi connectivity index (χ2v) is 3.99. The number of aliphatic hydroxyl groups is 1. The minimum absolute atomic E-state index is 0.0198. The van der Waals surface area contributed by atoms with E-state index in [-0.39, 0.29) is 18.6 Å². The molecule has 1 aliphatic heterocycles. The molecule has 0 bridgehead atoms. The molecule has 1 fully saturated rings. The van der Waals surface area contributed by atoms with Gasteiger partial charge in [0.05, 0.1) is 6.61 Å². The van der Waals surface area contributed by atoms with Crippen molar-refractivity contribution in [3.05, 3.63) is 12.7 Å². The fourth-order valence-corrected chi connectivity index (χ4v) is 2.00. The highest BCUT2D eigenvalue weighted by Crippen LogP contribution is 2.15. The number of nitrogens with zero attached hydrogens (tertiary/aromatic N) is 2. The molecule has 1 aliphatic rings. The number of carbonyl (C=O) groups is 1. The van der Waals surface area contributed by atoms with Crippen molar-refractivity contribution >= 4 is 5.91 Å². The molecule has 0 aromatic carbocycles. The number of rotatable bonds is 4. The van der Waals surface area contributed by atoms with E-state index in [4.69, 9.17) is 5.11 Å². The van der Waals surface area contributed by atoms with Gasteiger partial charge in [0.15, 0.2) is 0 Å². The lowest BCUT2D eigenvalue weighted by Gasteiger charge is -2.36. The zero-order valence-electron chi connectivity index (χ0n) is 9.35. The maximum Gasteiger partial charge on any atom is 0.246 e. The van der Waals surface area contributed by atoms with Gasteiger partial charge in [-0.2, -0.15) is 0 Å². The molecule has 4 heteroatoms. The summed E-state index contributed by atoms with van der Waals surface area (Å²) in [5.74, 6) is -0.0707. The van der Waals surface area contributed by atoms with E-state index in [0.29, 0.717) is 6.54 Å². The van der Waals surface area contributed by atoms with E-state index < -0.39 is 0 Å². The molecule has 0 spiro atoms. The van der Waals surface area contributed by atoms with Crippen LogP contribution in [0.5, 0.6) is 0 Å². The molecule has 15 heavy (non-hydrogen) atoms. The monoisotopic (exact) mass is 212 g/mol. The molecule has 0 aliphatic carbocycles. The molecule has 1 N–H and O–H groups in total. The number of amides is 1. The first kappa shape index (κ1) is 12.2. The Labute approximate surface area is 91.2 Å². The van der Waals surface area contributed by atoms with Crippen molar-refractivity contribution < 1.29 is 9.90 Å². The van der Waals surface area contributed by atoms with Crippen molar-refractivity contribution in [2.75, 3.05) is 33.3 Å². The lowest BCUT2D eigenvalue weighted by atomic mass is 10.0. The van der Waals surface area contributed by atoms with E-state index in [1.165, 1.54) is 6.08 Å². The molecule has 0 aromatic heterocycles. The summed E-state index contributed by atoms with van der Waals surface area (Å²) in [4.78, 5) is 15.6. The highest BCUT2D eigenvalue weighted by atomic mass is 16.3. The number of aliphatic hydroxyl groups excluding tert-OH is 1. The van der Waals surface area contributed by atoms with Crippen LogP contribution in [0.25, 0.3) is 0 Å². The van der Waals surface area contributed by atoms with Crippen LogP contribution in [0.2, 0.25) is 0 Å². The van der Waals surface area contributed by atoms with Crippen LogP contribution in [0.3, 0.4) is 0 Å². The van der Waals surface area contributed by atoms with Crippen molar-refractivity contribution in [2.45, 2.75) is 18.9 Å². The second kappa shape index (κ2) is 5.88. The maximum absolute atomic E-state index is 11.6. The first-order valence-corrected chi connectivity index (χ1v) is 5.41. The maximum atomic E-state index is 11.6. The van der Waals surface area contributed by atoms with Gasteiger partial charge in [0.1, 0.15) is 0 Å². The highest BCUT2D eigenvalue weighted by Gasteiger charge is 2.24. The molecule has 4 nitrogen and oxygen atoms in total. The van der Waals surface area contributed by atoms with E-state index in [2.05, 4.69) is 18.5 Å². The lowest BCUT2D eigenvalue weighted by molar-refractivity contribution is -0.129. The average molecular weight is 212 g/mol. The van der Waals surface area contributed by atoms with Crippen molar-refractivity contribution in [1.29, 1.82) is 0 Å². The zero-order valence-corrected chi connectivity index (χ0v) is 9.35. The largest absolute Gasteiger partial charge is 0.395 e. The summed E-state index contributed by atoms with van der Waals surface area (Å²) in [5.41, 5.74) is 0. The standard InChI is InChI=1S/C11H20N2O2/c1-3-11(15)13(8-9-14)10-4-6-12(2)7-5-10/h3,10,14H,1,4-9H2,2H3. The Balaban J connectivity index is 2.55. The Morgan fingerprint density at radius 1 is 1.60 bits per heavy atom. The third-order valence-corrected chi connectivity index (χ3v) is 2.93. The summed E-state index contributed by atoms with van der Waals surface area (Å²) in [5, 5.41) is 8.93. The van der Waals surface area contributed by atoms with Gasteiger partial charge < -0.3 is 14.9 Å². The highest BCUT2D eigenvalue weighted by molar-refractivity contribution is 5.87. The molecule has 86 valence electrons. The summed E-state index contributed by atoms with van der Waals surface area (Å²) in [7, 11) is 2.09. The summed E-state index contributed by atoms with van der Waals surface area (Å²) in [6.45, 7) is 5.95. The van der Waals surface area contributed by atoms with Crippen LogP contribution < -0.4 is 0 Å². The minimum atomic E-state index is -0.0707. The van der Waals surface area contributed by atoms with Crippen molar-refractivity contribution in [1.82, 2.24) is 9.80 Å². The molecule has 1 amide bonds. The van der Waals surface area contributed by atoms with Crippen molar-refractivity contribution in [2.24, 2.45) is 0 Å². The number of likely N-dealkylation sites (tertiary alicyclic amines) is 1. The van der Waals surface area contributed by atoms with Gasteiger partial charge in [0, 0.05) is 12.6 Å². The fourth-order valence-electron chi connectivity index (χ4n) is 2.00.